The number of ketones is 1. The summed E-state index contributed by atoms with van der Waals surface area (Å²) in [5, 5.41) is 2.43. The fourth-order valence-corrected chi connectivity index (χ4v) is 3.37. The van der Waals surface area contributed by atoms with Crippen LogP contribution in [0.3, 0.4) is 0 Å². The maximum atomic E-state index is 14.0. The molecule has 2 aromatic heterocycles. The summed E-state index contributed by atoms with van der Waals surface area (Å²) in [6.45, 7) is 0. The van der Waals surface area contributed by atoms with E-state index in [-0.39, 0.29) is 17.7 Å². The van der Waals surface area contributed by atoms with Crippen molar-refractivity contribution in [2.24, 2.45) is 0 Å². The van der Waals surface area contributed by atoms with Gasteiger partial charge in [0.1, 0.15) is 11.6 Å². The summed E-state index contributed by atoms with van der Waals surface area (Å²) in [4.78, 5) is 33.6. The fourth-order valence-electron chi connectivity index (χ4n) is 3.37. The number of aromatic nitrogens is 2. The number of ether oxygens (including phenoxy) is 1. The number of rotatable bonds is 7. The minimum Gasteiger partial charge on any atom is -0.405 e. The average molecular weight is 495 g/mol. The lowest BCUT2D eigenvalue weighted by Gasteiger charge is -2.14. The first-order chi connectivity index (χ1) is 17.2. The smallest absolute Gasteiger partial charge is 0.405 e. The SMILES string of the molecule is O=C(Cc1ccc(-c2ccccc2F)nc1)c1ccc(OC(F)(F)F)c(C(=O)Nc2cccnc2)c1. The van der Waals surface area contributed by atoms with Gasteiger partial charge in [0, 0.05) is 29.9 Å². The molecule has 1 amide bonds. The van der Waals surface area contributed by atoms with E-state index in [9.17, 15) is 27.2 Å². The molecule has 0 aliphatic rings. The minimum absolute atomic E-state index is 0.000887. The number of alkyl halides is 3. The lowest BCUT2D eigenvalue weighted by molar-refractivity contribution is -0.274. The van der Waals surface area contributed by atoms with Gasteiger partial charge in [-0.2, -0.15) is 0 Å². The second kappa shape index (κ2) is 10.3. The fraction of sp³-hybridized carbons (Fsp3) is 0.0769. The summed E-state index contributed by atoms with van der Waals surface area (Å²) in [6.07, 6.45) is -0.995. The van der Waals surface area contributed by atoms with Crippen molar-refractivity contribution in [3.63, 3.8) is 0 Å². The highest BCUT2D eigenvalue weighted by Gasteiger charge is 2.33. The standard InChI is InChI=1S/C26H17F4N3O3/c27-21-6-2-1-5-19(21)22-9-7-16(14-32-22)12-23(34)17-8-10-24(36-26(28,29)30)20(13-17)25(35)33-18-4-3-11-31-15-18/h1-11,13-15H,12H2,(H,33,35). The molecule has 0 spiro atoms. The highest BCUT2D eigenvalue weighted by atomic mass is 19.4. The number of nitrogens with one attached hydrogen (secondary N) is 1. The van der Waals surface area contributed by atoms with E-state index in [4.69, 9.17) is 0 Å². The number of benzene rings is 2. The lowest BCUT2D eigenvalue weighted by Crippen LogP contribution is -2.21. The Bertz CT molecular complexity index is 1390. The van der Waals surface area contributed by atoms with E-state index in [1.165, 1.54) is 36.8 Å². The predicted molar refractivity (Wildman–Crippen MR) is 123 cm³/mol. The zero-order valence-corrected chi connectivity index (χ0v) is 18.4. The normalized spacial score (nSPS) is 11.1. The molecule has 6 nitrogen and oxygen atoms in total. The number of amides is 1. The number of carbonyl (C=O) groups is 2. The third kappa shape index (κ3) is 6.09. The molecule has 0 unspecified atom stereocenters. The Hall–Kier alpha value is -4.60. The third-order valence-electron chi connectivity index (χ3n) is 5.03. The molecule has 10 heteroatoms. The Morgan fingerprint density at radius 1 is 0.944 bits per heavy atom. The van der Waals surface area contributed by atoms with Crippen LogP contribution in [0.25, 0.3) is 11.3 Å². The molecule has 0 bridgehead atoms. The van der Waals surface area contributed by atoms with Crippen molar-refractivity contribution >= 4 is 17.4 Å². The first-order valence-corrected chi connectivity index (χ1v) is 10.5. The van der Waals surface area contributed by atoms with E-state index in [1.54, 1.807) is 30.3 Å². The van der Waals surface area contributed by atoms with Gasteiger partial charge < -0.3 is 10.1 Å². The molecule has 2 heterocycles. The van der Waals surface area contributed by atoms with Gasteiger partial charge in [-0.25, -0.2) is 4.39 Å². The molecule has 1 N–H and O–H groups in total. The number of Topliss-reactive ketones (excluding diaryl/α,β-unsaturated/α-hetero) is 1. The van der Waals surface area contributed by atoms with E-state index in [2.05, 4.69) is 20.0 Å². The van der Waals surface area contributed by atoms with Crippen LogP contribution < -0.4 is 10.1 Å². The predicted octanol–water partition coefficient (Wildman–Crippen LogP) is 5.86. The number of hydrogen-bond donors (Lipinski definition) is 1. The highest BCUT2D eigenvalue weighted by molar-refractivity contribution is 6.08. The monoisotopic (exact) mass is 495 g/mol. The van der Waals surface area contributed by atoms with Crippen LogP contribution in [0.2, 0.25) is 0 Å². The summed E-state index contributed by atoms with van der Waals surface area (Å²) < 4.78 is 56.6. The number of halogens is 4. The number of nitrogens with zero attached hydrogens (tertiary/aromatic N) is 2. The number of pyridine rings is 2. The molecule has 4 aromatic rings. The molecule has 36 heavy (non-hydrogen) atoms. The van der Waals surface area contributed by atoms with Crippen LogP contribution >= 0.6 is 0 Å². The maximum absolute atomic E-state index is 14.0. The molecule has 0 aliphatic carbocycles. The van der Waals surface area contributed by atoms with Gasteiger partial charge in [-0.3, -0.25) is 19.6 Å². The van der Waals surface area contributed by atoms with Gasteiger partial charge in [-0.05, 0) is 54.1 Å². The molecule has 0 aliphatic heterocycles. The van der Waals surface area contributed by atoms with Crippen LogP contribution in [0.5, 0.6) is 5.75 Å². The minimum atomic E-state index is -5.04. The van der Waals surface area contributed by atoms with E-state index >= 15 is 0 Å². The van der Waals surface area contributed by atoms with Gasteiger partial charge in [0.25, 0.3) is 5.91 Å². The Labute approximate surface area is 202 Å². The molecule has 2 aromatic carbocycles. The van der Waals surface area contributed by atoms with Crippen molar-refractivity contribution in [1.29, 1.82) is 0 Å². The van der Waals surface area contributed by atoms with Gasteiger partial charge in [0.05, 0.1) is 23.1 Å². The average Bonchev–Trinajstić information content (AvgIpc) is 2.85. The van der Waals surface area contributed by atoms with Crippen molar-refractivity contribution in [1.82, 2.24) is 9.97 Å². The number of carbonyl (C=O) groups excluding carboxylic acids is 2. The maximum Gasteiger partial charge on any atom is 0.573 e. The van der Waals surface area contributed by atoms with Crippen molar-refractivity contribution < 1.29 is 31.9 Å². The Balaban J connectivity index is 1.56. The summed E-state index contributed by atoms with van der Waals surface area (Å²) >= 11 is 0. The van der Waals surface area contributed by atoms with Crippen molar-refractivity contribution in [2.75, 3.05) is 5.32 Å². The molecule has 0 fully saturated rings. The van der Waals surface area contributed by atoms with Crippen molar-refractivity contribution in [3.05, 3.63) is 108 Å². The first kappa shape index (κ1) is 24.5. The molecule has 0 saturated carbocycles. The molecule has 182 valence electrons. The first-order valence-electron chi connectivity index (χ1n) is 10.5. The van der Waals surface area contributed by atoms with Crippen LogP contribution in [-0.2, 0) is 6.42 Å². The lowest BCUT2D eigenvalue weighted by atomic mass is 10.0. The van der Waals surface area contributed by atoms with Crippen molar-refractivity contribution in [3.8, 4) is 17.0 Å². The van der Waals surface area contributed by atoms with Crippen LogP contribution in [0.4, 0.5) is 23.2 Å². The quantitative estimate of drug-likeness (QED) is 0.257. The molecule has 0 saturated heterocycles. The van der Waals surface area contributed by atoms with Gasteiger partial charge in [0.15, 0.2) is 5.78 Å². The van der Waals surface area contributed by atoms with Gasteiger partial charge in [0.2, 0.25) is 0 Å². The van der Waals surface area contributed by atoms with E-state index in [1.807, 2.05) is 0 Å². The Morgan fingerprint density at radius 2 is 1.75 bits per heavy atom. The van der Waals surface area contributed by atoms with Crippen LogP contribution in [0.15, 0.2) is 85.3 Å². The topological polar surface area (TPSA) is 81.2 Å². The van der Waals surface area contributed by atoms with Crippen molar-refractivity contribution in [2.45, 2.75) is 12.8 Å². The summed E-state index contributed by atoms with van der Waals surface area (Å²) in [5.74, 6) is -2.57. The Kier molecular flexibility index (Phi) is 7.05. The molecule has 0 atom stereocenters. The molecular weight excluding hydrogens is 478 g/mol. The third-order valence-corrected chi connectivity index (χ3v) is 5.03. The van der Waals surface area contributed by atoms with Crippen LogP contribution in [0, 0.1) is 5.82 Å². The molecular formula is C26H17F4N3O3. The van der Waals surface area contributed by atoms with E-state index in [0.29, 0.717) is 16.8 Å². The van der Waals surface area contributed by atoms with Gasteiger partial charge >= 0.3 is 6.36 Å². The highest BCUT2D eigenvalue weighted by Crippen LogP contribution is 2.29. The molecule has 4 rings (SSSR count). The van der Waals surface area contributed by atoms with Crippen LogP contribution in [-0.4, -0.2) is 28.0 Å². The van der Waals surface area contributed by atoms with Gasteiger partial charge in [-0.1, -0.05) is 18.2 Å². The van der Waals surface area contributed by atoms with E-state index < -0.39 is 35.2 Å². The Morgan fingerprint density at radius 3 is 2.42 bits per heavy atom. The summed E-state index contributed by atoms with van der Waals surface area (Å²) in [5.41, 5.74) is 0.955. The van der Waals surface area contributed by atoms with Crippen LogP contribution in [0.1, 0.15) is 26.3 Å². The zero-order valence-electron chi connectivity index (χ0n) is 18.4. The summed E-state index contributed by atoms with van der Waals surface area (Å²) in [7, 11) is 0. The number of anilines is 1. The molecule has 0 radical (unpaired) electrons. The largest absolute Gasteiger partial charge is 0.573 e. The van der Waals surface area contributed by atoms with Gasteiger partial charge in [-0.15, -0.1) is 13.2 Å². The second-order valence-corrected chi connectivity index (χ2v) is 7.59. The zero-order chi connectivity index (χ0) is 25.7. The second-order valence-electron chi connectivity index (χ2n) is 7.59. The summed E-state index contributed by atoms with van der Waals surface area (Å²) in [6, 6.07) is 15.4. The number of hydrogen-bond acceptors (Lipinski definition) is 5. The van der Waals surface area contributed by atoms with E-state index in [0.717, 1.165) is 18.2 Å².